The number of rotatable bonds is 15. The first-order valence-electron chi connectivity index (χ1n) is 23.5. The third-order valence-electron chi connectivity index (χ3n) is 12.8. The second-order valence-corrected chi connectivity index (χ2v) is 21.5. The number of aliphatic imine (C=N–C) groups is 1. The van der Waals surface area contributed by atoms with Gasteiger partial charge in [-0.2, -0.15) is 0 Å². The fraction of sp³-hybridized carbons (Fsp3) is 0.358. The minimum Gasteiger partial charge on any atom is -0.492 e. The van der Waals surface area contributed by atoms with Crippen molar-refractivity contribution in [3.63, 3.8) is 0 Å². The van der Waals surface area contributed by atoms with Crippen LogP contribution in [0.3, 0.4) is 0 Å². The second kappa shape index (κ2) is 21.4. The van der Waals surface area contributed by atoms with Crippen molar-refractivity contribution in [3.05, 3.63) is 139 Å². The van der Waals surface area contributed by atoms with Crippen molar-refractivity contribution in [1.29, 1.82) is 0 Å². The molecule has 1 unspecified atom stereocenters. The van der Waals surface area contributed by atoms with E-state index < -0.39 is 41.5 Å². The molecule has 71 heavy (non-hydrogen) atoms. The highest BCUT2D eigenvalue weighted by molar-refractivity contribution is 7.15. The summed E-state index contributed by atoms with van der Waals surface area (Å²) < 4.78 is 8.01. The van der Waals surface area contributed by atoms with Crippen molar-refractivity contribution in [1.82, 2.24) is 40.6 Å². The van der Waals surface area contributed by atoms with Gasteiger partial charge >= 0.3 is 0 Å². The lowest BCUT2D eigenvalue weighted by molar-refractivity contribution is -0.143. The smallest absolute Gasteiger partial charge is 0.246 e. The van der Waals surface area contributed by atoms with Gasteiger partial charge in [-0.25, -0.2) is 4.98 Å². The summed E-state index contributed by atoms with van der Waals surface area (Å²) in [5.41, 5.74) is 8.38. The molecule has 0 spiro atoms. The number of carbonyl (C=O) groups is 4. The zero-order chi connectivity index (χ0) is 50.7. The van der Waals surface area contributed by atoms with Gasteiger partial charge in [0.1, 0.15) is 41.3 Å². The number of β-amino-alcohol motifs (C(OH)–C–C–N with tert-alkyl or cyclic N) is 1. The normalized spacial score (nSPS) is 17.5. The van der Waals surface area contributed by atoms with E-state index in [1.165, 1.54) is 11.0 Å². The molecule has 1 saturated heterocycles. The first-order valence-corrected chi connectivity index (χ1v) is 25.6. The summed E-state index contributed by atoms with van der Waals surface area (Å²) in [6, 6.07) is 19.7. The maximum absolute atomic E-state index is 14.2. The van der Waals surface area contributed by atoms with E-state index in [-0.39, 0.29) is 50.4 Å². The number of halogens is 1. The number of aryl methyl sites for hydroxylation is 3. The fourth-order valence-electron chi connectivity index (χ4n) is 8.83. The Morgan fingerprint density at radius 2 is 1.70 bits per heavy atom. The van der Waals surface area contributed by atoms with Crippen molar-refractivity contribution in [3.8, 4) is 21.2 Å². The van der Waals surface area contributed by atoms with Crippen molar-refractivity contribution >= 4 is 69.7 Å². The number of benzene rings is 3. The monoisotopic (exact) mass is 1020 g/mol. The molecule has 15 nitrogen and oxygen atoms in total. The molecular formula is C53H58ClN9O6S2. The summed E-state index contributed by atoms with van der Waals surface area (Å²) in [5.74, 6) is 0.245. The van der Waals surface area contributed by atoms with Crippen molar-refractivity contribution in [2.45, 2.75) is 98.5 Å². The van der Waals surface area contributed by atoms with Crippen LogP contribution in [0.4, 0.5) is 0 Å². The van der Waals surface area contributed by atoms with E-state index >= 15 is 0 Å². The van der Waals surface area contributed by atoms with E-state index in [1.807, 2.05) is 106 Å². The standard InChI is InChI=1S/C53H58ClN9O6S2/c1-29-32(4)71-52-45(29)46(36-17-19-38(54)20-18-36)58-41(49-61-60-33(5)63(49)52)26-44(66)55-22-23-69-40-11-9-10-34(24-40)12-21-43(65)59-48(53(6,7)8)51(68)62-27-39(64)25-42(62)50(67)57-30(2)35-13-15-37(16-14-35)47-31(3)56-28-70-47/h9-21,24,28,30,39,41-42,48,64H,22-23,25-27H2,1-8H3,(H,55,66)(H,57,67)(H,59,65)/b21-12+/t30-,39+,41?,42-,48+/m0/s1. The van der Waals surface area contributed by atoms with Crippen LogP contribution in [0.1, 0.15) is 103 Å². The number of nitrogens with one attached hydrogen (secondary N) is 3. The Morgan fingerprint density at radius 1 is 0.972 bits per heavy atom. The number of nitrogens with zero attached hydrogens (tertiary/aromatic N) is 6. The molecule has 6 aromatic rings. The number of hydrogen-bond donors (Lipinski definition) is 4. The first kappa shape index (κ1) is 50.8. The van der Waals surface area contributed by atoms with E-state index in [0.717, 1.165) is 54.0 Å². The van der Waals surface area contributed by atoms with E-state index in [4.69, 9.17) is 21.3 Å². The second-order valence-electron chi connectivity index (χ2n) is 19.0. The van der Waals surface area contributed by atoms with Crippen LogP contribution in [-0.2, 0) is 19.2 Å². The number of carbonyl (C=O) groups excluding carboxylic acids is 4. The topological polar surface area (TPSA) is 193 Å². The van der Waals surface area contributed by atoms with Crippen LogP contribution in [0.25, 0.3) is 21.5 Å². The quantitative estimate of drug-likeness (QED) is 0.0580. The molecule has 8 rings (SSSR count). The Hall–Kier alpha value is -6.53. The van der Waals surface area contributed by atoms with Gasteiger partial charge in [0.05, 0.1) is 46.9 Å². The molecule has 5 atom stereocenters. The summed E-state index contributed by atoms with van der Waals surface area (Å²) in [6.07, 6.45) is 2.17. The van der Waals surface area contributed by atoms with Crippen molar-refractivity contribution in [2.24, 2.45) is 10.4 Å². The van der Waals surface area contributed by atoms with E-state index in [2.05, 4.69) is 45.0 Å². The molecule has 2 aliphatic heterocycles. The molecule has 18 heteroatoms. The maximum atomic E-state index is 14.2. The number of ether oxygens (including phenoxy) is 1. The minimum atomic E-state index is -1.00. The van der Waals surface area contributed by atoms with Gasteiger partial charge in [0.2, 0.25) is 23.6 Å². The number of hydrogen-bond acceptors (Lipinski definition) is 12. The predicted octanol–water partition coefficient (Wildman–Crippen LogP) is 8.20. The molecular weight excluding hydrogens is 958 g/mol. The zero-order valence-electron chi connectivity index (χ0n) is 40.9. The fourth-order valence-corrected chi connectivity index (χ4v) is 11.0. The number of likely N-dealkylation sites (tertiary alicyclic amines) is 1. The minimum absolute atomic E-state index is 0.0340. The van der Waals surface area contributed by atoms with E-state index in [9.17, 15) is 24.3 Å². The molecule has 4 amide bonds. The molecule has 370 valence electrons. The van der Waals surface area contributed by atoms with Crippen molar-refractivity contribution < 1.29 is 29.0 Å². The Morgan fingerprint density at radius 3 is 2.41 bits per heavy atom. The van der Waals surface area contributed by atoms with Gasteiger partial charge in [-0.15, -0.1) is 32.9 Å². The van der Waals surface area contributed by atoms with Crippen LogP contribution in [0.15, 0.2) is 89.4 Å². The summed E-state index contributed by atoms with van der Waals surface area (Å²) in [4.78, 5) is 68.1. The molecule has 1 fully saturated rings. The Balaban J connectivity index is 0.854. The molecule has 0 saturated carbocycles. The highest BCUT2D eigenvalue weighted by Crippen LogP contribution is 2.40. The molecule has 4 N–H and O–H groups in total. The Bertz CT molecular complexity index is 3010. The Kier molecular flexibility index (Phi) is 15.4. The van der Waals surface area contributed by atoms with Gasteiger partial charge in [0, 0.05) is 40.1 Å². The summed E-state index contributed by atoms with van der Waals surface area (Å²) in [7, 11) is 0. The van der Waals surface area contributed by atoms with Crippen LogP contribution in [0.2, 0.25) is 5.02 Å². The van der Waals surface area contributed by atoms with Gasteiger partial charge in [-0.1, -0.05) is 80.9 Å². The predicted molar refractivity (Wildman–Crippen MR) is 278 cm³/mol. The number of aliphatic hydroxyl groups excluding tert-OH is 1. The zero-order valence-corrected chi connectivity index (χ0v) is 43.3. The number of thiophene rings is 1. The van der Waals surface area contributed by atoms with Crippen LogP contribution in [0, 0.1) is 33.1 Å². The molecule has 5 heterocycles. The van der Waals surface area contributed by atoms with Crippen LogP contribution in [0.5, 0.6) is 5.75 Å². The highest BCUT2D eigenvalue weighted by atomic mass is 35.5. The lowest BCUT2D eigenvalue weighted by atomic mass is 9.85. The largest absolute Gasteiger partial charge is 0.492 e. The van der Waals surface area contributed by atoms with Gasteiger partial charge < -0.3 is 30.7 Å². The SMILES string of the molecule is Cc1ncsc1-c1ccc([C@H](C)NC(=O)[C@@H]2C[C@@H](O)CN2C(=O)[C@@H](NC(=O)/C=C/c2cccc(OCCNC(=O)CC3N=C(c4ccc(Cl)cc4)c4c(sc(C)c4C)-n4c(C)nnc43)c2)C(C)(C)C)cc1. The highest BCUT2D eigenvalue weighted by Gasteiger charge is 2.44. The van der Waals surface area contributed by atoms with Crippen LogP contribution >= 0.6 is 34.3 Å². The molecule has 0 bridgehead atoms. The number of amides is 4. The van der Waals surface area contributed by atoms with Gasteiger partial charge in [-0.3, -0.25) is 28.7 Å². The lowest BCUT2D eigenvalue weighted by Gasteiger charge is -2.35. The number of aliphatic hydroxyl groups is 1. The summed E-state index contributed by atoms with van der Waals surface area (Å²) in [6.45, 7) is 15.8. The van der Waals surface area contributed by atoms with Gasteiger partial charge in [0.25, 0.3) is 0 Å². The summed E-state index contributed by atoms with van der Waals surface area (Å²) in [5, 5.41) is 30.0. The average molecular weight is 1020 g/mol. The summed E-state index contributed by atoms with van der Waals surface area (Å²) >= 11 is 9.47. The van der Waals surface area contributed by atoms with Gasteiger partial charge in [-0.05, 0) is 92.6 Å². The number of fused-ring (bicyclic) bond motifs is 3. The number of aromatic nitrogens is 4. The molecule has 2 aliphatic rings. The Labute approximate surface area is 426 Å². The maximum Gasteiger partial charge on any atom is 0.246 e. The third-order valence-corrected chi connectivity index (χ3v) is 15.2. The molecule has 3 aromatic heterocycles. The molecule has 0 aliphatic carbocycles. The van der Waals surface area contributed by atoms with E-state index in [0.29, 0.717) is 28.0 Å². The average Bonchev–Trinajstić information content (AvgIpc) is 4.11. The molecule has 0 radical (unpaired) electrons. The number of thiazole rings is 1. The van der Waals surface area contributed by atoms with E-state index in [1.54, 1.807) is 46.9 Å². The van der Waals surface area contributed by atoms with Crippen molar-refractivity contribution in [2.75, 3.05) is 19.7 Å². The van der Waals surface area contributed by atoms with Crippen LogP contribution < -0.4 is 20.7 Å². The molecule has 3 aromatic carbocycles. The lowest BCUT2D eigenvalue weighted by Crippen LogP contribution is -2.57. The third kappa shape index (κ3) is 11.5. The van der Waals surface area contributed by atoms with Crippen LogP contribution in [-0.4, -0.2) is 97.0 Å². The van der Waals surface area contributed by atoms with Gasteiger partial charge in [0.15, 0.2) is 5.82 Å². The first-order chi connectivity index (χ1) is 33.9.